The molecule has 0 spiro atoms. The normalized spacial score (nSPS) is 23.4. The molecule has 0 amide bonds. The Morgan fingerprint density at radius 2 is 2.23 bits per heavy atom. The topological polar surface area (TPSA) is 0 Å². The van der Waals surface area contributed by atoms with E-state index in [1.165, 1.54) is 18.4 Å². The number of rotatable bonds is 3. The molecule has 0 N–H and O–H groups in total. The molecule has 1 rings (SSSR count). The fraction of sp³-hybridized carbons (Fsp3) is 0.538. The third kappa shape index (κ3) is 3.63. The van der Waals surface area contributed by atoms with Crippen molar-refractivity contribution in [1.82, 2.24) is 0 Å². The summed E-state index contributed by atoms with van der Waals surface area (Å²) in [6.45, 7) is 8.39. The van der Waals surface area contributed by atoms with Crippen molar-refractivity contribution in [2.24, 2.45) is 5.41 Å². The predicted octanol–water partition coefficient (Wildman–Crippen LogP) is 4.26. The van der Waals surface area contributed by atoms with Crippen LogP contribution >= 0.6 is 0 Å². The average Bonchev–Trinajstić information content (AvgIpc) is 2.03. The molecule has 0 nitrogen and oxygen atoms in total. The molecule has 0 aliphatic heterocycles. The smallest absolute Gasteiger partial charge is 0.0228 e. The highest BCUT2D eigenvalue weighted by Gasteiger charge is 2.19. The standard InChI is InChI=1S/C13H20/c1-4-5-6-8-12-9-7-10-13(2,3)11-12/h4,7-9H,1,5-6,10-11H2,2-3H3/b12-8+. The fourth-order valence-corrected chi connectivity index (χ4v) is 1.74. The average molecular weight is 176 g/mol. The number of allylic oxidation sites excluding steroid dienone is 5. The van der Waals surface area contributed by atoms with Crippen molar-refractivity contribution in [1.29, 1.82) is 0 Å². The highest BCUT2D eigenvalue weighted by atomic mass is 14.2. The molecular weight excluding hydrogens is 156 g/mol. The van der Waals surface area contributed by atoms with Gasteiger partial charge in [0.05, 0.1) is 0 Å². The first-order chi connectivity index (χ1) is 6.14. The van der Waals surface area contributed by atoms with Crippen LogP contribution in [-0.2, 0) is 0 Å². The van der Waals surface area contributed by atoms with Gasteiger partial charge in [0.25, 0.3) is 0 Å². The molecule has 1 aliphatic carbocycles. The van der Waals surface area contributed by atoms with Gasteiger partial charge in [0.1, 0.15) is 0 Å². The summed E-state index contributed by atoms with van der Waals surface area (Å²) in [7, 11) is 0. The van der Waals surface area contributed by atoms with E-state index < -0.39 is 0 Å². The van der Waals surface area contributed by atoms with Gasteiger partial charge >= 0.3 is 0 Å². The van der Waals surface area contributed by atoms with E-state index in [1.807, 2.05) is 6.08 Å². The molecule has 0 aromatic carbocycles. The lowest BCUT2D eigenvalue weighted by Crippen LogP contribution is -2.13. The van der Waals surface area contributed by atoms with E-state index in [9.17, 15) is 0 Å². The van der Waals surface area contributed by atoms with Gasteiger partial charge in [0.2, 0.25) is 0 Å². The van der Waals surface area contributed by atoms with E-state index >= 15 is 0 Å². The Morgan fingerprint density at radius 3 is 2.85 bits per heavy atom. The largest absolute Gasteiger partial charge is 0.103 e. The second kappa shape index (κ2) is 4.45. The fourth-order valence-electron chi connectivity index (χ4n) is 1.74. The highest BCUT2D eigenvalue weighted by Crippen LogP contribution is 2.34. The Kier molecular flexibility index (Phi) is 3.53. The summed E-state index contributed by atoms with van der Waals surface area (Å²) < 4.78 is 0. The highest BCUT2D eigenvalue weighted by molar-refractivity contribution is 5.24. The van der Waals surface area contributed by atoms with Crippen LogP contribution in [0.5, 0.6) is 0 Å². The van der Waals surface area contributed by atoms with Crippen LogP contribution in [0.2, 0.25) is 0 Å². The summed E-state index contributed by atoms with van der Waals surface area (Å²) in [5.74, 6) is 0. The van der Waals surface area contributed by atoms with Gasteiger partial charge in [-0.2, -0.15) is 0 Å². The Hall–Kier alpha value is -0.780. The SMILES string of the molecule is C=CCC/C=C1\C=CCC(C)(C)C1. The maximum absolute atomic E-state index is 3.72. The van der Waals surface area contributed by atoms with Crippen LogP contribution in [0, 0.1) is 5.41 Å². The van der Waals surface area contributed by atoms with Crippen LogP contribution in [0.15, 0.2) is 36.5 Å². The summed E-state index contributed by atoms with van der Waals surface area (Å²) >= 11 is 0. The molecule has 0 aromatic rings. The van der Waals surface area contributed by atoms with E-state index in [0.29, 0.717) is 5.41 Å². The summed E-state index contributed by atoms with van der Waals surface area (Å²) in [6.07, 6.45) is 13.6. The summed E-state index contributed by atoms with van der Waals surface area (Å²) in [6, 6.07) is 0. The minimum atomic E-state index is 0.467. The van der Waals surface area contributed by atoms with Crippen LogP contribution < -0.4 is 0 Å². The second-order valence-electron chi connectivity index (χ2n) is 4.59. The zero-order valence-electron chi connectivity index (χ0n) is 8.84. The first-order valence-corrected chi connectivity index (χ1v) is 5.10. The monoisotopic (exact) mass is 176 g/mol. The Balaban J connectivity index is 2.51. The van der Waals surface area contributed by atoms with Crippen molar-refractivity contribution < 1.29 is 0 Å². The van der Waals surface area contributed by atoms with Crippen molar-refractivity contribution in [3.05, 3.63) is 36.5 Å². The lowest BCUT2D eigenvalue weighted by atomic mass is 9.78. The van der Waals surface area contributed by atoms with E-state index in [0.717, 1.165) is 12.8 Å². The van der Waals surface area contributed by atoms with Gasteiger partial charge in [-0.3, -0.25) is 0 Å². The lowest BCUT2D eigenvalue weighted by molar-refractivity contribution is 0.362. The van der Waals surface area contributed by atoms with Crippen molar-refractivity contribution in [3.63, 3.8) is 0 Å². The van der Waals surface area contributed by atoms with Crippen molar-refractivity contribution in [2.75, 3.05) is 0 Å². The van der Waals surface area contributed by atoms with Gasteiger partial charge in [-0.15, -0.1) is 6.58 Å². The molecule has 0 saturated heterocycles. The van der Waals surface area contributed by atoms with Crippen molar-refractivity contribution >= 4 is 0 Å². The molecule has 0 atom stereocenters. The van der Waals surface area contributed by atoms with Gasteiger partial charge in [-0.25, -0.2) is 0 Å². The molecule has 13 heavy (non-hydrogen) atoms. The Morgan fingerprint density at radius 1 is 1.46 bits per heavy atom. The minimum absolute atomic E-state index is 0.467. The van der Waals surface area contributed by atoms with Gasteiger partial charge in [0.15, 0.2) is 0 Å². The van der Waals surface area contributed by atoms with E-state index in [4.69, 9.17) is 0 Å². The molecule has 0 fully saturated rings. The molecule has 72 valence electrons. The van der Waals surface area contributed by atoms with Crippen LogP contribution in [0.25, 0.3) is 0 Å². The molecule has 0 saturated carbocycles. The van der Waals surface area contributed by atoms with Gasteiger partial charge in [-0.1, -0.05) is 43.7 Å². The molecule has 1 aliphatic rings. The van der Waals surface area contributed by atoms with E-state index in [1.54, 1.807) is 0 Å². The quantitative estimate of drug-likeness (QED) is 0.445. The van der Waals surface area contributed by atoms with Crippen LogP contribution in [0.3, 0.4) is 0 Å². The van der Waals surface area contributed by atoms with Crippen LogP contribution in [0.4, 0.5) is 0 Å². The zero-order chi connectivity index (χ0) is 9.73. The maximum atomic E-state index is 3.72. The number of hydrogen-bond acceptors (Lipinski definition) is 0. The Bertz CT molecular complexity index is 228. The predicted molar refractivity (Wildman–Crippen MR) is 59.7 cm³/mol. The lowest BCUT2D eigenvalue weighted by Gasteiger charge is -2.27. The minimum Gasteiger partial charge on any atom is -0.103 e. The van der Waals surface area contributed by atoms with Gasteiger partial charge < -0.3 is 0 Å². The first kappa shape index (κ1) is 10.3. The third-order valence-electron chi connectivity index (χ3n) is 2.46. The van der Waals surface area contributed by atoms with Crippen molar-refractivity contribution in [2.45, 2.75) is 39.5 Å². The van der Waals surface area contributed by atoms with Gasteiger partial charge in [0, 0.05) is 0 Å². The summed E-state index contributed by atoms with van der Waals surface area (Å²) in [4.78, 5) is 0. The summed E-state index contributed by atoms with van der Waals surface area (Å²) in [5, 5.41) is 0. The van der Waals surface area contributed by atoms with Crippen molar-refractivity contribution in [3.8, 4) is 0 Å². The summed E-state index contributed by atoms with van der Waals surface area (Å²) in [5.41, 5.74) is 1.97. The molecule has 0 radical (unpaired) electrons. The first-order valence-electron chi connectivity index (χ1n) is 5.10. The second-order valence-corrected chi connectivity index (χ2v) is 4.59. The number of unbranched alkanes of at least 4 members (excludes halogenated alkanes) is 1. The number of hydrogen-bond donors (Lipinski definition) is 0. The molecular formula is C13H20. The molecule has 0 heteroatoms. The molecule has 0 bridgehead atoms. The van der Waals surface area contributed by atoms with Gasteiger partial charge in [-0.05, 0) is 31.1 Å². The zero-order valence-corrected chi connectivity index (χ0v) is 8.84. The Labute approximate surface area is 82.0 Å². The molecule has 0 heterocycles. The van der Waals surface area contributed by atoms with E-state index in [-0.39, 0.29) is 0 Å². The van der Waals surface area contributed by atoms with Crippen LogP contribution in [-0.4, -0.2) is 0 Å². The maximum Gasteiger partial charge on any atom is -0.0228 e. The third-order valence-corrected chi connectivity index (χ3v) is 2.46. The van der Waals surface area contributed by atoms with Crippen LogP contribution in [0.1, 0.15) is 39.5 Å². The molecule has 0 unspecified atom stereocenters. The van der Waals surface area contributed by atoms with E-state index in [2.05, 4.69) is 38.7 Å². The molecule has 0 aromatic heterocycles.